The van der Waals surface area contributed by atoms with E-state index in [0.717, 1.165) is 23.0 Å². The van der Waals surface area contributed by atoms with Crippen LogP contribution in [0, 0.1) is 6.92 Å². The molecule has 3 rings (SSSR count). The highest BCUT2D eigenvalue weighted by molar-refractivity contribution is 9.10. The van der Waals surface area contributed by atoms with Gasteiger partial charge in [0, 0.05) is 15.7 Å². The first-order valence-electron chi connectivity index (χ1n) is 5.79. The topological polar surface area (TPSA) is 43.8 Å². The molecule has 3 nitrogen and oxygen atoms in total. The van der Waals surface area contributed by atoms with Gasteiger partial charge < -0.3 is 5.73 Å². The fourth-order valence-electron chi connectivity index (χ4n) is 2.45. The van der Waals surface area contributed by atoms with Crippen molar-refractivity contribution in [3.63, 3.8) is 0 Å². The summed E-state index contributed by atoms with van der Waals surface area (Å²) in [4.78, 5) is 0. The number of nitrogen functional groups attached to an aromatic ring is 1. The Morgan fingerprint density at radius 3 is 3.00 bits per heavy atom. The van der Waals surface area contributed by atoms with E-state index in [9.17, 15) is 0 Å². The third-order valence-electron chi connectivity index (χ3n) is 3.29. The number of fused-ring (bicyclic) bond motifs is 1. The number of aryl methyl sites for hydroxylation is 1. The summed E-state index contributed by atoms with van der Waals surface area (Å²) >= 11 is 3.58. The molecule has 0 fully saturated rings. The summed E-state index contributed by atoms with van der Waals surface area (Å²) in [7, 11) is 0. The van der Waals surface area contributed by atoms with E-state index >= 15 is 0 Å². The van der Waals surface area contributed by atoms with E-state index < -0.39 is 0 Å². The first kappa shape index (κ1) is 10.8. The van der Waals surface area contributed by atoms with Gasteiger partial charge in [-0.15, -0.1) is 0 Å². The van der Waals surface area contributed by atoms with E-state index in [4.69, 9.17) is 5.73 Å². The van der Waals surface area contributed by atoms with Crippen LogP contribution in [0.15, 0.2) is 22.7 Å². The van der Waals surface area contributed by atoms with Crippen molar-refractivity contribution >= 4 is 21.7 Å². The smallest absolute Gasteiger partial charge is 0.149 e. The van der Waals surface area contributed by atoms with Crippen LogP contribution in [0.2, 0.25) is 0 Å². The highest BCUT2D eigenvalue weighted by atomic mass is 79.9. The third-order valence-corrected chi connectivity index (χ3v) is 3.96. The summed E-state index contributed by atoms with van der Waals surface area (Å²) in [6.07, 6.45) is 3.31. The molecule has 0 atom stereocenters. The number of aromatic nitrogens is 2. The van der Waals surface area contributed by atoms with Gasteiger partial charge in [0.25, 0.3) is 0 Å². The lowest BCUT2D eigenvalue weighted by atomic mass is 10.2. The van der Waals surface area contributed by atoms with E-state index in [0.29, 0.717) is 5.82 Å². The van der Waals surface area contributed by atoms with Crippen molar-refractivity contribution in [3.8, 4) is 5.69 Å². The molecule has 2 aromatic rings. The number of rotatable bonds is 1. The molecular weight excluding hydrogens is 278 g/mol. The molecule has 0 saturated carbocycles. The normalized spacial score (nSPS) is 14.0. The van der Waals surface area contributed by atoms with Gasteiger partial charge in [-0.3, -0.25) is 0 Å². The Bertz CT molecular complexity index is 587. The lowest BCUT2D eigenvalue weighted by molar-refractivity contribution is 0.785. The molecule has 0 radical (unpaired) electrons. The van der Waals surface area contributed by atoms with Crippen LogP contribution >= 0.6 is 15.9 Å². The summed E-state index contributed by atoms with van der Waals surface area (Å²) in [5.41, 5.74) is 10.8. The predicted molar refractivity (Wildman–Crippen MR) is 72.4 cm³/mol. The van der Waals surface area contributed by atoms with Crippen LogP contribution in [0.1, 0.15) is 23.2 Å². The second kappa shape index (κ2) is 3.88. The number of hydrogen-bond acceptors (Lipinski definition) is 2. The van der Waals surface area contributed by atoms with Crippen molar-refractivity contribution < 1.29 is 0 Å². The maximum absolute atomic E-state index is 5.97. The Balaban J connectivity index is 2.22. The largest absolute Gasteiger partial charge is 0.382 e. The van der Waals surface area contributed by atoms with Gasteiger partial charge in [0.2, 0.25) is 0 Å². The molecule has 4 heteroatoms. The van der Waals surface area contributed by atoms with Crippen molar-refractivity contribution in [2.45, 2.75) is 26.2 Å². The van der Waals surface area contributed by atoms with Crippen molar-refractivity contribution in [1.29, 1.82) is 0 Å². The molecule has 1 heterocycles. The number of anilines is 1. The quantitative estimate of drug-likeness (QED) is 0.878. The van der Waals surface area contributed by atoms with E-state index in [1.807, 2.05) is 4.68 Å². The van der Waals surface area contributed by atoms with Crippen LogP contribution in [-0.4, -0.2) is 9.78 Å². The van der Waals surface area contributed by atoms with E-state index in [1.54, 1.807) is 0 Å². The molecule has 0 bridgehead atoms. The molecule has 88 valence electrons. The maximum Gasteiger partial charge on any atom is 0.149 e. The number of hydrogen-bond donors (Lipinski definition) is 1. The number of halogens is 1. The van der Waals surface area contributed by atoms with Crippen molar-refractivity contribution in [1.82, 2.24) is 9.78 Å². The molecule has 0 saturated heterocycles. The Labute approximate surface area is 109 Å². The molecule has 0 aliphatic heterocycles. The average molecular weight is 292 g/mol. The molecule has 17 heavy (non-hydrogen) atoms. The molecule has 1 aromatic heterocycles. The standard InChI is InChI=1S/C13H14BrN3/c1-8-5-6-10(14)12(7-8)17-11-4-2-3-9(11)13(15)16-17/h5-7H,2-4H2,1H3,(H2,15,16). The summed E-state index contributed by atoms with van der Waals surface area (Å²) in [5, 5.41) is 4.47. The third kappa shape index (κ3) is 1.67. The second-order valence-corrected chi connectivity index (χ2v) is 5.39. The lowest BCUT2D eigenvalue weighted by Crippen LogP contribution is -2.03. The fraction of sp³-hybridized carbons (Fsp3) is 0.308. The highest BCUT2D eigenvalue weighted by Crippen LogP contribution is 2.31. The zero-order valence-corrected chi connectivity index (χ0v) is 11.3. The minimum absolute atomic E-state index is 0.686. The first-order valence-corrected chi connectivity index (χ1v) is 6.59. The molecular formula is C13H14BrN3. The Morgan fingerprint density at radius 2 is 2.18 bits per heavy atom. The van der Waals surface area contributed by atoms with Gasteiger partial charge in [-0.05, 0) is 59.8 Å². The van der Waals surface area contributed by atoms with Crippen molar-refractivity contribution in [2.75, 3.05) is 5.73 Å². The lowest BCUT2D eigenvalue weighted by Gasteiger charge is -2.08. The van der Waals surface area contributed by atoms with Gasteiger partial charge in [-0.2, -0.15) is 5.10 Å². The summed E-state index contributed by atoms with van der Waals surface area (Å²) in [6, 6.07) is 6.28. The molecule has 1 aliphatic carbocycles. The van der Waals surface area contributed by atoms with Gasteiger partial charge in [0.15, 0.2) is 0 Å². The fourth-order valence-corrected chi connectivity index (χ4v) is 2.86. The Kier molecular flexibility index (Phi) is 2.47. The van der Waals surface area contributed by atoms with Gasteiger partial charge in [-0.1, -0.05) is 6.07 Å². The van der Waals surface area contributed by atoms with E-state index in [1.165, 1.54) is 23.2 Å². The zero-order valence-electron chi connectivity index (χ0n) is 9.70. The predicted octanol–water partition coefficient (Wildman–Crippen LogP) is 3.01. The molecule has 2 N–H and O–H groups in total. The molecule has 0 amide bonds. The van der Waals surface area contributed by atoms with Crippen LogP contribution in [0.25, 0.3) is 5.69 Å². The van der Waals surface area contributed by atoms with Gasteiger partial charge in [-0.25, -0.2) is 4.68 Å². The molecule has 1 aliphatic rings. The minimum Gasteiger partial charge on any atom is -0.382 e. The average Bonchev–Trinajstić information content (AvgIpc) is 2.87. The maximum atomic E-state index is 5.97. The minimum atomic E-state index is 0.686. The van der Waals surface area contributed by atoms with E-state index in [-0.39, 0.29) is 0 Å². The second-order valence-electron chi connectivity index (χ2n) is 4.53. The number of benzene rings is 1. The van der Waals surface area contributed by atoms with Crippen LogP contribution in [0.4, 0.5) is 5.82 Å². The summed E-state index contributed by atoms with van der Waals surface area (Å²) < 4.78 is 3.05. The number of nitrogens with zero attached hydrogens (tertiary/aromatic N) is 2. The van der Waals surface area contributed by atoms with Crippen LogP contribution in [-0.2, 0) is 12.8 Å². The molecule has 0 spiro atoms. The Hall–Kier alpha value is -1.29. The van der Waals surface area contributed by atoms with Crippen molar-refractivity contribution in [2.24, 2.45) is 0 Å². The monoisotopic (exact) mass is 291 g/mol. The SMILES string of the molecule is Cc1ccc(Br)c(-n2nc(N)c3c2CCC3)c1. The molecule has 1 aromatic carbocycles. The van der Waals surface area contributed by atoms with Crippen molar-refractivity contribution in [3.05, 3.63) is 39.5 Å². The number of nitrogens with two attached hydrogens (primary N) is 1. The highest BCUT2D eigenvalue weighted by Gasteiger charge is 2.22. The van der Waals surface area contributed by atoms with Gasteiger partial charge in [0.05, 0.1) is 5.69 Å². The van der Waals surface area contributed by atoms with Crippen LogP contribution < -0.4 is 5.73 Å². The molecule has 0 unspecified atom stereocenters. The summed E-state index contributed by atoms with van der Waals surface area (Å²) in [6.45, 7) is 2.09. The Morgan fingerprint density at radius 1 is 1.35 bits per heavy atom. The van der Waals surface area contributed by atoms with Gasteiger partial charge in [0.1, 0.15) is 5.82 Å². The van der Waals surface area contributed by atoms with E-state index in [2.05, 4.69) is 46.2 Å². The summed E-state index contributed by atoms with van der Waals surface area (Å²) in [5.74, 6) is 0.686. The van der Waals surface area contributed by atoms with Crippen LogP contribution in [0.5, 0.6) is 0 Å². The van der Waals surface area contributed by atoms with Gasteiger partial charge >= 0.3 is 0 Å². The zero-order chi connectivity index (χ0) is 12.0. The first-order chi connectivity index (χ1) is 8.16. The van der Waals surface area contributed by atoms with Crippen LogP contribution in [0.3, 0.4) is 0 Å².